The summed E-state index contributed by atoms with van der Waals surface area (Å²) in [7, 11) is -4.77. The number of hydrazine groups is 1. The van der Waals surface area contributed by atoms with Gasteiger partial charge in [0.05, 0.1) is 50.5 Å². The Morgan fingerprint density at radius 2 is 0.944 bits per heavy atom. The Labute approximate surface area is 851 Å². The van der Waals surface area contributed by atoms with Crippen molar-refractivity contribution in [1.82, 2.24) is 81.2 Å². The molecule has 8 atom stereocenters. The number of carboxylic acid groups (broad SMARTS) is 1. The minimum absolute atomic E-state index is 0. The summed E-state index contributed by atoms with van der Waals surface area (Å²) in [5, 5.41) is 43.9. The summed E-state index contributed by atoms with van der Waals surface area (Å²) in [6, 6.07) is 25.5. The molecular weight excluding hydrogens is 1870 g/mol. The third-order valence-electron chi connectivity index (χ3n) is 23.2. The number of urea groups is 4. The second-order valence-corrected chi connectivity index (χ2v) is 36.5. The molecule has 11 amide bonds. The quantitative estimate of drug-likeness (QED) is 0.00207. The molecule has 2 aromatic heterocycles. The SMILES string of the molecule is C=CC(=O)OCC.CCCCCCC(=O)CNC(=O)[C@@H]1CC[C@@H]2CN1C(=O)N2OCc1ccccc1.CCCCCCC(=O)O.CCCCCCC(=O)OCC.CCCN.CCCN(CCc1nnc([C@@H]2CC[C@@H]3CN2C(=O)N3OCc2ccccc2)o1)C(=O)OC(C)(C)C.NNC(=O)[C@@H]1CC[C@@H]2CN1C(=O)N2OCc1ccccc1.O=C1N2C[C@@H](CC[C@H]2c2nnc(CCNCCO)o2)N1OS(=O)(=O)O.[Li+].[OH-]. The van der Waals surface area contributed by atoms with Gasteiger partial charge in [-0.05, 0) is 141 Å². The molecule has 8 bridgehead atoms. The number of carbonyl (C=O) groups is 11. The van der Waals surface area contributed by atoms with Gasteiger partial charge in [-0.15, -0.1) is 24.7 Å². The van der Waals surface area contributed by atoms with Crippen molar-refractivity contribution in [1.29, 1.82) is 0 Å². The first-order valence-electron chi connectivity index (χ1n) is 49.4. The standard InChI is InChI=1S/C25H35N5O5.C22H31N3O4.C14H18N4O3.C12H19N5O7S.C9H18O2.C7H14O2.C5H8O2.C3H9N.Li.H2O/c1-5-14-28(24(32)35-25(2,3)4)15-13-21-26-27-22(34-21)20-12-11-19-16-29(20)23(31)30(19)33-17-18-9-7-6-8-10-18;1-2-3-4-8-11-19(26)14-23-21(27)20-13-12-18-15-24(20)22(28)25(18)29-16-17-9-6-5-7-10-17;15-16-13(19)12-7-6-11-8-17(12)14(20)18(11)21-9-10-4-2-1-3-5-10;18-6-5-13-4-3-10-14-15-11(23-10)9-2-1-8-7-16(9)12(19)17(8)24-25(20,21)22;1-3-5-6-7-8-9(10)11-4-2;1-2-3-4-5-6-7(8)9;1-3-5(6)7-4-2;1-2-3-4;;/h6-10,19-20H,5,11-17H2,1-4H3;5-7,9-10,18,20H,2-4,8,11-16H2,1H3,(H,23,27);1-5,11-12H,6-9,15H2,(H,16,19);8-9,13,18H,1-7H2,(H,20,21,22);3-8H2,1-2H3;2-6H2,1H3,(H,8,9);3H,1,4H2,2H3;2-4H2,1H3;;1H2/q;;;;;;;;+1;/p-1/t19-,20+;18-,20+;11-,12+;8-,9+;;;;;;/m1111....../s1. The number of aliphatic carboxylic acids is 1. The van der Waals surface area contributed by atoms with E-state index in [0.29, 0.717) is 166 Å². The number of carbonyl (C=O) groups excluding carboxylic acids is 10. The van der Waals surface area contributed by atoms with Gasteiger partial charge in [-0.3, -0.25) is 48.5 Å². The molecule has 8 aliphatic heterocycles. The number of nitrogens with one attached hydrogen (secondary N) is 3. The summed E-state index contributed by atoms with van der Waals surface area (Å²) < 4.78 is 61.2. The van der Waals surface area contributed by atoms with Crippen LogP contribution in [-0.2, 0) is 105 Å². The molecule has 794 valence electrons. The van der Waals surface area contributed by atoms with Crippen LogP contribution in [0.4, 0.5) is 24.0 Å². The molecule has 11 N–H and O–H groups in total. The second kappa shape index (κ2) is 67.7. The molecule has 0 aliphatic carbocycles. The number of nitrogens with zero attached hydrogens (tertiary/aromatic N) is 13. The number of benzene rings is 3. The zero-order chi connectivity index (χ0) is 103. The Hall–Kier alpha value is -10.8. The minimum Gasteiger partial charge on any atom is -0.870 e. The van der Waals surface area contributed by atoms with Gasteiger partial charge in [0.15, 0.2) is 5.78 Å². The van der Waals surface area contributed by atoms with E-state index in [1.54, 1.807) is 21.6 Å². The molecular formula is C97H153LiN18O26S. The van der Waals surface area contributed by atoms with Crippen LogP contribution in [0.2, 0.25) is 0 Å². The zero-order valence-electron chi connectivity index (χ0n) is 85.1. The molecule has 5 aromatic rings. The van der Waals surface area contributed by atoms with Gasteiger partial charge in [0.1, 0.15) is 49.6 Å². The van der Waals surface area contributed by atoms with E-state index in [4.69, 9.17) is 59.2 Å². The van der Waals surface area contributed by atoms with Gasteiger partial charge in [-0.1, -0.05) is 190 Å². The number of ether oxygens (including phenoxy) is 3. The number of piperidine rings is 4. The number of aromatic nitrogens is 4. The van der Waals surface area contributed by atoms with Gasteiger partial charge >= 0.3 is 77.4 Å². The van der Waals surface area contributed by atoms with Crippen molar-refractivity contribution in [3.8, 4) is 0 Å². The number of hydrogen-bond acceptors (Lipinski definition) is 31. The van der Waals surface area contributed by atoms with Crippen LogP contribution in [0.25, 0.3) is 0 Å². The number of aliphatic hydroxyl groups is 1. The first-order chi connectivity index (χ1) is 67.7. The number of nitrogens with two attached hydrogens (primary N) is 2. The van der Waals surface area contributed by atoms with Crippen LogP contribution in [0.1, 0.15) is 282 Å². The van der Waals surface area contributed by atoms with Gasteiger partial charge in [0, 0.05) is 90.5 Å². The van der Waals surface area contributed by atoms with Crippen LogP contribution in [-0.4, -0.2) is 287 Å². The van der Waals surface area contributed by atoms with Crippen LogP contribution in [0, 0.1) is 0 Å². The number of Topliss-reactive ketones (excluding diaryl/α,β-unsaturated/α-hetero) is 1. The summed E-state index contributed by atoms with van der Waals surface area (Å²) in [6.45, 7) is 29.5. The van der Waals surface area contributed by atoms with E-state index in [1.807, 2.05) is 126 Å². The smallest absolute Gasteiger partial charge is 0.870 e. The van der Waals surface area contributed by atoms with E-state index >= 15 is 0 Å². The van der Waals surface area contributed by atoms with E-state index in [0.717, 1.165) is 119 Å². The van der Waals surface area contributed by atoms with Crippen LogP contribution in [0.15, 0.2) is 112 Å². The Kier molecular flexibility index (Phi) is 59.0. The van der Waals surface area contributed by atoms with Gasteiger partial charge in [0.25, 0.3) is 5.91 Å². The first kappa shape index (κ1) is 124. The summed E-state index contributed by atoms with van der Waals surface area (Å²) in [4.78, 5) is 155. The third-order valence-corrected chi connectivity index (χ3v) is 23.6. The van der Waals surface area contributed by atoms with Gasteiger partial charge in [-0.25, -0.2) is 34.6 Å². The molecule has 3 aromatic carbocycles. The number of fused-ring (bicyclic) bond motifs is 8. The number of aliphatic hydroxyl groups excluding tert-OH is 1. The van der Waals surface area contributed by atoms with Crippen molar-refractivity contribution < 1.29 is 142 Å². The fourth-order valence-electron chi connectivity index (χ4n) is 16.0. The fraction of sp³-hybridized carbons (Fsp3) is 0.639. The van der Waals surface area contributed by atoms with Crippen molar-refractivity contribution in [2.24, 2.45) is 11.6 Å². The monoisotopic (exact) mass is 2030 g/mol. The molecule has 8 saturated heterocycles. The number of esters is 2. The number of hydrogen-bond donors (Lipinski definition) is 8. The summed E-state index contributed by atoms with van der Waals surface area (Å²) in [5.74, 6) is 5.10. The molecule has 13 rings (SSSR count). The predicted molar refractivity (Wildman–Crippen MR) is 520 cm³/mol. The molecule has 0 radical (unpaired) electrons. The van der Waals surface area contributed by atoms with Crippen LogP contribution in [0.5, 0.6) is 0 Å². The Morgan fingerprint density at radius 1 is 0.531 bits per heavy atom. The molecule has 143 heavy (non-hydrogen) atoms. The van der Waals surface area contributed by atoms with Crippen molar-refractivity contribution in [2.45, 2.75) is 316 Å². The minimum atomic E-state index is -4.77. The van der Waals surface area contributed by atoms with Crippen molar-refractivity contribution in [2.75, 3.05) is 85.3 Å². The fourth-order valence-corrected chi connectivity index (χ4v) is 16.4. The summed E-state index contributed by atoms with van der Waals surface area (Å²) in [5.41, 5.74) is 9.59. The van der Waals surface area contributed by atoms with E-state index in [9.17, 15) is 61.2 Å². The third kappa shape index (κ3) is 43.6. The molecule has 0 unspecified atom stereocenters. The molecule has 0 spiro atoms. The van der Waals surface area contributed by atoms with Gasteiger partial charge in [-0.2, -0.15) is 28.7 Å². The van der Waals surface area contributed by atoms with Crippen molar-refractivity contribution in [3.63, 3.8) is 0 Å². The topological polar surface area (TPSA) is 572 Å². The average Bonchev–Trinajstić information content (AvgIpc) is 1.43. The predicted octanol–water partition coefficient (Wildman–Crippen LogP) is 9.10. The Balaban J connectivity index is 0.000000363. The number of amides is 11. The molecule has 8 fully saturated rings. The van der Waals surface area contributed by atoms with Crippen molar-refractivity contribution >= 4 is 76.1 Å². The van der Waals surface area contributed by atoms with Gasteiger partial charge < -0.3 is 79.6 Å². The van der Waals surface area contributed by atoms with E-state index in [-0.39, 0.29) is 128 Å². The second-order valence-electron chi connectivity index (χ2n) is 35.5. The largest absolute Gasteiger partial charge is 1.00 e. The average molecular weight is 2030 g/mol. The van der Waals surface area contributed by atoms with Crippen LogP contribution < -0.4 is 46.5 Å². The van der Waals surface area contributed by atoms with Crippen LogP contribution >= 0.6 is 0 Å². The number of ketones is 1. The van der Waals surface area contributed by atoms with Crippen LogP contribution in [0.3, 0.4) is 0 Å². The van der Waals surface area contributed by atoms with Gasteiger partial charge in [0.2, 0.25) is 29.5 Å². The molecule has 8 aliphatic rings. The zero-order valence-corrected chi connectivity index (χ0v) is 85.9. The maximum absolute atomic E-state index is 13.1. The maximum atomic E-state index is 13.1. The molecule has 46 heteroatoms. The number of rotatable bonds is 46. The van der Waals surface area contributed by atoms with E-state index in [1.165, 1.54) is 44.3 Å². The molecule has 0 saturated carbocycles. The maximum Gasteiger partial charge on any atom is 1.00 e. The number of hydroxylamine groups is 8. The normalized spacial score (nSPS) is 18.7. The number of carboxylic acids is 1. The van der Waals surface area contributed by atoms with Crippen molar-refractivity contribution in [3.05, 3.63) is 144 Å². The summed E-state index contributed by atoms with van der Waals surface area (Å²) in [6.07, 6.45) is 23.1. The molecule has 10 heterocycles. The first-order valence-corrected chi connectivity index (χ1v) is 50.8. The van der Waals surface area contributed by atoms with E-state index in [2.05, 4.69) is 79.7 Å². The van der Waals surface area contributed by atoms with E-state index < -0.39 is 52.2 Å². The Morgan fingerprint density at radius 3 is 1.34 bits per heavy atom. The Bertz CT molecular complexity index is 4700. The molecule has 44 nitrogen and oxygen atoms in total. The summed E-state index contributed by atoms with van der Waals surface area (Å²) >= 11 is 0. The number of unbranched alkanes of at least 4 members (excludes halogenated alkanes) is 9.